The van der Waals surface area contributed by atoms with Gasteiger partial charge in [0.1, 0.15) is 6.34 Å². The molecular weight excluding hydrogens is 208 g/mol. The Hall–Kier alpha value is -2.24. The van der Waals surface area contributed by atoms with Crippen LogP contribution < -0.4 is 5.43 Å². The highest BCUT2D eigenvalue weighted by molar-refractivity contribution is 5.68. The molecule has 6 nitrogen and oxygen atoms in total. The van der Waals surface area contributed by atoms with Crippen LogP contribution in [0, 0.1) is 0 Å². The lowest BCUT2D eigenvalue weighted by Crippen LogP contribution is -2.35. The summed E-state index contributed by atoms with van der Waals surface area (Å²) in [5, 5.41) is 1.71. The van der Waals surface area contributed by atoms with Gasteiger partial charge in [-0.2, -0.15) is 0 Å². The average molecular weight is 220 g/mol. The van der Waals surface area contributed by atoms with Gasteiger partial charge in [0.2, 0.25) is 0 Å². The van der Waals surface area contributed by atoms with Crippen LogP contribution in [0.4, 0.5) is 4.79 Å². The highest BCUT2D eigenvalue weighted by Gasteiger charge is 2.15. The molecule has 0 radical (unpaired) electrons. The van der Waals surface area contributed by atoms with E-state index in [1.54, 1.807) is 43.9 Å². The molecule has 2 aliphatic heterocycles. The standard InChI is InChI=1S/C10H12N4O2/c1-13(2)10(15)16-9-4-3-8-5-11-7-12-14(8)6-9/h3-7H,1-2H3,(H,11,12). The van der Waals surface area contributed by atoms with Crippen LogP contribution in [-0.4, -0.2) is 36.4 Å². The Morgan fingerprint density at radius 3 is 3.06 bits per heavy atom. The van der Waals surface area contributed by atoms with Crippen LogP contribution in [0.5, 0.6) is 0 Å². The summed E-state index contributed by atoms with van der Waals surface area (Å²) in [6.45, 7) is 0. The average Bonchev–Trinajstić information content (AvgIpc) is 2.28. The third-order valence-corrected chi connectivity index (χ3v) is 2.00. The first-order valence-electron chi connectivity index (χ1n) is 4.73. The van der Waals surface area contributed by atoms with E-state index in [4.69, 9.17) is 4.74 Å². The van der Waals surface area contributed by atoms with Gasteiger partial charge in [0.05, 0.1) is 18.1 Å². The molecule has 0 saturated carbocycles. The minimum absolute atomic E-state index is 0.408. The zero-order valence-corrected chi connectivity index (χ0v) is 9.04. The van der Waals surface area contributed by atoms with Crippen molar-refractivity contribution in [3.05, 3.63) is 36.0 Å². The largest absolute Gasteiger partial charge is 0.414 e. The van der Waals surface area contributed by atoms with Crippen molar-refractivity contribution in [2.45, 2.75) is 0 Å². The van der Waals surface area contributed by atoms with Crippen molar-refractivity contribution in [3.63, 3.8) is 0 Å². The smallest absolute Gasteiger partial charge is 0.409 e. The van der Waals surface area contributed by atoms with Crippen molar-refractivity contribution < 1.29 is 9.53 Å². The Kier molecular flexibility index (Phi) is 2.63. The maximum absolute atomic E-state index is 11.3. The van der Waals surface area contributed by atoms with Gasteiger partial charge in [-0.3, -0.25) is 10.4 Å². The highest BCUT2D eigenvalue weighted by Crippen LogP contribution is 2.17. The number of hydrazine groups is 1. The van der Waals surface area contributed by atoms with E-state index in [0.717, 1.165) is 5.70 Å². The Balaban J connectivity index is 2.07. The van der Waals surface area contributed by atoms with Crippen molar-refractivity contribution in [2.24, 2.45) is 4.99 Å². The van der Waals surface area contributed by atoms with Crippen molar-refractivity contribution >= 4 is 12.4 Å². The third-order valence-electron chi connectivity index (χ3n) is 2.00. The molecule has 0 saturated heterocycles. The van der Waals surface area contributed by atoms with E-state index in [0.29, 0.717) is 5.76 Å². The first-order chi connectivity index (χ1) is 7.66. The number of allylic oxidation sites excluding steroid dienone is 2. The molecule has 0 aromatic heterocycles. The maximum atomic E-state index is 11.3. The summed E-state index contributed by atoms with van der Waals surface area (Å²) in [6, 6.07) is 0. The number of hydrogen-bond acceptors (Lipinski definition) is 5. The summed E-state index contributed by atoms with van der Waals surface area (Å²) < 4.78 is 5.11. The third kappa shape index (κ3) is 2.05. The molecule has 16 heavy (non-hydrogen) atoms. The van der Waals surface area contributed by atoms with E-state index < -0.39 is 6.09 Å². The quantitative estimate of drug-likeness (QED) is 0.709. The lowest BCUT2D eigenvalue weighted by molar-refractivity contribution is 0.147. The second-order valence-corrected chi connectivity index (χ2v) is 3.46. The number of nitrogens with one attached hydrogen (secondary N) is 1. The van der Waals surface area contributed by atoms with Crippen LogP contribution in [-0.2, 0) is 4.74 Å². The van der Waals surface area contributed by atoms with Crippen molar-refractivity contribution in [2.75, 3.05) is 14.1 Å². The molecule has 0 aromatic rings. The van der Waals surface area contributed by atoms with Crippen molar-refractivity contribution in [3.8, 4) is 0 Å². The maximum Gasteiger partial charge on any atom is 0.414 e. The van der Waals surface area contributed by atoms with Gasteiger partial charge in [0, 0.05) is 14.1 Å². The van der Waals surface area contributed by atoms with Gasteiger partial charge in [0.25, 0.3) is 0 Å². The monoisotopic (exact) mass is 220 g/mol. The molecule has 6 heteroatoms. The van der Waals surface area contributed by atoms with Crippen LogP contribution in [0.25, 0.3) is 0 Å². The lowest BCUT2D eigenvalue weighted by Gasteiger charge is -2.26. The summed E-state index contributed by atoms with van der Waals surface area (Å²) >= 11 is 0. The Bertz CT molecular complexity index is 421. The zero-order chi connectivity index (χ0) is 11.5. The van der Waals surface area contributed by atoms with Gasteiger partial charge in [-0.15, -0.1) is 0 Å². The van der Waals surface area contributed by atoms with E-state index in [2.05, 4.69) is 10.4 Å². The van der Waals surface area contributed by atoms with Crippen LogP contribution >= 0.6 is 0 Å². The lowest BCUT2D eigenvalue weighted by atomic mass is 10.3. The number of carbonyl (C=O) groups is 1. The van der Waals surface area contributed by atoms with Crippen LogP contribution in [0.2, 0.25) is 0 Å². The molecule has 0 aromatic carbocycles. The van der Waals surface area contributed by atoms with Crippen LogP contribution in [0.3, 0.4) is 0 Å². The fourth-order valence-corrected chi connectivity index (χ4v) is 1.17. The van der Waals surface area contributed by atoms with E-state index in [1.807, 2.05) is 6.08 Å². The second kappa shape index (κ2) is 4.09. The first-order valence-corrected chi connectivity index (χ1v) is 4.73. The minimum atomic E-state index is -0.408. The number of hydrogen-bond donors (Lipinski definition) is 1. The molecule has 2 rings (SSSR count). The Morgan fingerprint density at radius 1 is 1.50 bits per heavy atom. The SMILES string of the molecule is CN(C)C(=O)OC1=CN2NC=NC=C2C=C1. The molecule has 0 unspecified atom stereocenters. The minimum Gasteiger partial charge on any atom is -0.409 e. The van der Waals surface area contributed by atoms with Gasteiger partial charge in [-0.25, -0.2) is 9.79 Å². The zero-order valence-electron chi connectivity index (χ0n) is 9.04. The molecule has 0 spiro atoms. The normalized spacial score (nSPS) is 17.0. The predicted molar refractivity (Wildman–Crippen MR) is 58.9 cm³/mol. The molecule has 0 fully saturated rings. The van der Waals surface area contributed by atoms with Gasteiger partial charge in [-0.1, -0.05) is 0 Å². The second-order valence-electron chi connectivity index (χ2n) is 3.46. The summed E-state index contributed by atoms with van der Waals surface area (Å²) in [6.07, 6.45) is 8.04. The van der Waals surface area contributed by atoms with Crippen molar-refractivity contribution in [1.29, 1.82) is 0 Å². The molecule has 2 aliphatic rings. The number of nitrogens with zero attached hydrogens (tertiary/aromatic N) is 3. The summed E-state index contributed by atoms with van der Waals surface area (Å²) in [7, 11) is 3.26. The number of ether oxygens (including phenoxy) is 1. The highest BCUT2D eigenvalue weighted by atomic mass is 16.6. The topological polar surface area (TPSA) is 57.2 Å². The van der Waals surface area contributed by atoms with Gasteiger partial charge >= 0.3 is 6.09 Å². The molecule has 0 bridgehead atoms. The number of carbonyl (C=O) groups excluding carboxylic acids is 1. The molecular formula is C10H12N4O2. The Morgan fingerprint density at radius 2 is 2.31 bits per heavy atom. The Labute approximate surface area is 93.2 Å². The van der Waals surface area contributed by atoms with E-state index >= 15 is 0 Å². The summed E-state index contributed by atoms with van der Waals surface area (Å²) in [5.41, 5.74) is 3.78. The molecule has 0 aliphatic carbocycles. The number of amides is 1. The van der Waals surface area contributed by atoms with E-state index in [1.165, 1.54) is 4.90 Å². The van der Waals surface area contributed by atoms with Gasteiger partial charge < -0.3 is 9.64 Å². The van der Waals surface area contributed by atoms with Crippen LogP contribution in [0.1, 0.15) is 0 Å². The number of fused-ring (bicyclic) bond motifs is 1. The number of rotatable bonds is 1. The van der Waals surface area contributed by atoms with Gasteiger partial charge in [-0.05, 0) is 12.2 Å². The molecule has 1 amide bonds. The summed E-state index contributed by atoms with van der Waals surface area (Å²) in [4.78, 5) is 16.6. The molecule has 84 valence electrons. The fraction of sp³-hybridized carbons (Fsp3) is 0.200. The van der Waals surface area contributed by atoms with Crippen molar-refractivity contribution in [1.82, 2.24) is 15.3 Å². The number of aliphatic imine (C=N–C) groups is 1. The molecule has 1 N–H and O–H groups in total. The van der Waals surface area contributed by atoms with E-state index in [-0.39, 0.29) is 0 Å². The van der Waals surface area contributed by atoms with E-state index in [9.17, 15) is 4.79 Å². The predicted octanol–water partition coefficient (Wildman–Crippen LogP) is 0.786. The molecule has 0 atom stereocenters. The summed E-state index contributed by atoms with van der Waals surface area (Å²) in [5.74, 6) is 0.471. The molecule has 2 heterocycles. The van der Waals surface area contributed by atoms with Crippen LogP contribution in [0.15, 0.2) is 41.0 Å². The first kappa shape index (κ1) is 10.3. The fourth-order valence-electron chi connectivity index (χ4n) is 1.17. The van der Waals surface area contributed by atoms with Gasteiger partial charge in [0.15, 0.2) is 5.76 Å².